The van der Waals surface area contributed by atoms with Crippen molar-refractivity contribution in [1.29, 1.82) is 0 Å². The third kappa shape index (κ3) is 2.08. The minimum atomic E-state index is -3.91. The summed E-state index contributed by atoms with van der Waals surface area (Å²) in [6, 6.07) is 0. The number of hydrogen-bond acceptors (Lipinski definition) is 8. The number of hydrogen-bond donors (Lipinski definition) is 4. The summed E-state index contributed by atoms with van der Waals surface area (Å²) < 4.78 is 25.3. The van der Waals surface area contributed by atoms with Crippen molar-refractivity contribution >= 4 is 21.9 Å². The summed E-state index contributed by atoms with van der Waals surface area (Å²) in [5.41, 5.74) is 11.0. The minimum Gasteiger partial charge on any atom is -0.369 e. The maximum Gasteiger partial charge on any atom is 0.328 e. The van der Waals surface area contributed by atoms with Gasteiger partial charge in [0.05, 0.1) is 0 Å². The topological polar surface area (TPSA) is 138 Å². The summed E-state index contributed by atoms with van der Waals surface area (Å²) in [6.45, 7) is 0. The number of guanidine groups is 2. The summed E-state index contributed by atoms with van der Waals surface area (Å²) >= 11 is 0. The summed E-state index contributed by atoms with van der Waals surface area (Å²) in [5, 5.41) is 0.456. The van der Waals surface area contributed by atoms with Crippen molar-refractivity contribution < 1.29 is 8.42 Å². The predicted molar refractivity (Wildman–Crippen MR) is 60.8 cm³/mol. The largest absolute Gasteiger partial charge is 0.369 e. The van der Waals surface area contributed by atoms with E-state index < -0.39 is 15.1 Å². The fraction of sp³-hybridized carbons (Fsp3) is 0.667. The Morgan fingerprint density at radius 1 is 1.44 bits per heavy atom. The van der Waals surface area contributed by atoms with Crippen molar-refractivity contribution in [2.24, 2.45) is 21.5 Å². The molecule has 1 rings (SSSR count). The van der Waals surface area contributed by atoms with Crippen molar-refractivity contribution in [2.75, 3.05) is 21.1 Å². The van der Waals surface area contributed by atoms with Crippen LogP contribution >= 0.6 is 0 Å². The minimum absolute atomic E-state index is 0.111. The molecule has 0 saturated heterocycles. The summed E-state index contributed by atoms with van der Waals surface area (Å²) in [4.78, 5) is 8.92. The van der Waals surface area contributed by atoms with E-state index in [-0.39, 0.29) is 11.9 Å². The molecule has 0 aliphatic carbocycles. The first-order chi connectivity index (χ1) is 7.22. The third-order valence-corrected chi connectivity index (χ3v) is 3.39. The fourth-order valence-corrected chi connectivity index (χ4v) is 1.73. The molecule has 16 heavy (non-hydrogen) atoms. The molecule has 9 nitrogen and oxygen atoms in total. The van der Waals surface area contributed by atoms with Gasteiger partial charge in [-0.25, -0.2) is 13.1 Å². The lowest BCUT2D eigenvalue weighted by Gasteiger charge is -2.28. The van der Waals surface area contributed by atoms with Crippen molar-refractivity contribution in [3.8, 4) is 0 Å². The van der Waals surface area contributed by atoms with Gasteiger partial charge >= 0.3 is 5.12 Å². The predicted octanol–water partition coefficient (Wildman–Crippen LogP) is -3.06. The first-order valence-corrected chi connectivity index (χ1v) is 5.81. The van der Waals surface area contributed by atoms with E-state index in [4.69, 9.17) is 11.5 Å². The first kappa shape index (κ1) is 12.7. The summed E-state index contributed by atoms with van der Waals surface area (Å²) in [6.07, 6.45) is 0. The molecule has 6 N–H and O–H groups in total. The van der Waals surface area contributed by atoms with Gasteiger partial charge in [0.25, 0.3) is 10.0 Å². The molecule has 0 aromatic rings. The number of sulfonamides is 1. The van der Waals surface area contributed by atoms with E-state index in [9.17, 15) is 8.42 Å². The number of nitrogens with one attached hydrogen (secondary N) is 2. The molecular weight excluding hydrogens is 234 g/mol. The lowest BCUT2D eigenvalue weighted by Crippen LogP contribution is -2.58. The van der Waals surface area contributed by atoms with Gasteiger partial charge in [-0.1, -0.05) is 0 Å². The van der Waals surface area contributed by atoms with Gasteiger partial charge in [0.15, 0.2) is 5.96 Å². The van der Waals surface area contributed by atoms with E-state index in [1.807, 2.05) is 0 Å². The Kier molecular flexibility index (Phi) is 3.08. The van der Waals surface area contributed by atoms with E-state index in [1.165, 1.54) is 11.9 Å². The molecule has 0 amide bonds. The first-order valence-electron chi connectivity index (χ1n) is 4.33. The summed E-state index contributed by atoms with van der Waals surface area (Å²) in [7, 11) is 0.638. The molecule has 1 atom stereocenters. The second kappa shape index (κ2) is 3.88. The van der Waals surface area contributed by atoms with Gasteiger partial charge in [-0.15, -0.1) is 0 Å². The highest BCUT2D eigenvalue weighted by atomic mass is 32.2. The van der Waals surface area contributed by atoms with Gasteiger partial charge in [-0.3, -0.25) is 11.1 Å². The average molecular weight is 249 g/mol. The molecule has 0 fully saturated rings. The number of nitrogens with zero attached hydrogens (tertiary/aromatic N) is 3. The van der Waals surface area contributed by atoms with E-state index in [1.54, 1.807) is 14.1 Å². The Balaban J connectivity index is 3.27. The van der Waals surface area contributed by atoms with Crippen LogP contribution < -0.4 is 21.5 Å². The van der Waals surface area contributed by atoms with Gasteiger partial charge in [0.2, 0.25) is 5.96 Å². The fourth-order valence-electron chi connectivity index (χ4n) is 1.00. The smallest absolute Gasteiger partial charge is 0.328 e. The Labute approximate surface area is 93.6 Å². The zero-order valence-corrected chi connectivity index (χ0v) is 10.0. The quantitative estimate of drug-likeness (QED) is 0.410. The van der Waals surface area contributed by atoms with Crippen LogP contribution in [0.1, 0.15) is 0 Å². The van der Waals surface area contributed by atoms with Crippen LogP contribution in [0.2, 0.25) is 0 Å². The van der Waals surface area contributed by atoms with E-state index in [0.29, 0.717) is 0 Å². The van der Waals surface area contributed by atoms with Crippen LogP contribution in [0.5, 0.6) is 0 Å². The van der Waals surface area contributed by atoms with Crippen LogP contribution in [-0.2, 0) is 10.0 Å². The normalized spacial score (nSPS) is 25.5. The van der Waals surface area contributed by atoms with Crippen LogP contribution in [0.3, 0.4) is 0 Å². The molecule has 1 aliphatic rings. The highest BCUT2D eigenvalue weighted by molar-refractivity contribution is 7.90. The zero-order valence-electron chi connectivity index (χ0n) is 9.22. The average Bonchev–Trinajstić information content (AvgIpc) is 2.16. The van der Waals surface area contributed by atoms with Gasteiger partial charge < -0.3 is 10.6 Å². The molecule has 10 heteroatoms. The molecular formula is C6H15N7O2S. The van der Waals surface area contributed by atoms with Crippen molar-refractivity contribution in [3.05, 3.63) is 0 Å². The highest BCUT2D eigenvalue weighted by Crippen LogP contribution is 2.15. The maximum atomic E-state index is 11.6. The van der Waals surface area contributed by atoms with Gasteiger partial charge in [0.1, 0.15) is 0 Å². The second-order valence-electron chi connectivity index (χ2n) is 3.32. The molecule has 92 valence electrons. The Morgan fingerprint density at radius 2 is 2.00 bits per heavy atom. The van der Waals surface area contributed by atoms with Crippen LogP contribution in [-0.4, -0.2) is 51.5 Å². The number of rotatable bonds is 2. The SMILES string of the molecule is CNS(=O)(=O)C1(N)N=C(N)NC(N(C)C)=N1. The van der Waals surface area contributed by atoms with Crippen molar-refractivity contribution in [1.82, 2.24) is 14.9 Å². The number of nitrogens with two attached hydrogens (primary N) is 2. The molecule has 0 spiro atoms. The standard InChI is InChI=1S/C6H15N7O2S/c1-9-16(14,15)6(8)11-4(7)10-5(12-6)13(2)3/h9H,8H2,1-3H3,(H3,7,10,11,12). The van der Waals surface area contributed by atoms with Gasteiger partial charge in [0, 0.05) is 14.1 Å². The monoisotopic (exact) mass is 249 g/mol. The number of aliphatic imine (C=N–C) groups is 2. The third-order valence-electron chi connectivity index (χ3n) is 1.87. The molecule has 0 bridgehead atoms. The van der Waals surface area contributed by atoms with E-state index >= 15 is 0 Å². The molecule has 0 radical (unpaired) electrons. The van der Waals surface area contributed by atoms with Crippen LogP contribution in [0, 0.1) is 0 Å². The Bertz CT molecular complexity index is 440. The van der Waals surface area contributed by atoms with Crippen LogP contribution in [0.4, 0.5) is 0 Å². The van der Waals surface area contributed by atoms with E-state index in [0.717, 1.165) is 0 Å². The van der Waals surface area contributed by atoms with Crippen LogP contribution in [0.25, 0.3) is 0 Å². The second-order valence-corrected chi connectivity index (χ2v) is 5.33. The van der Waals surface area contributed by atoms with Crippen molar-refractivity contribution in [3.63, 3.8) is 0 Å². The van der Waals surface area contributed by atoms with Crippen molar-refractivity contribution in [2.45, 2.75) is 5.12 Å². The molecule has 0 aromatic carbocycles. The molecule has 1 aliphatic heterocycles. The molecule has 1 heterocycles. The van der Waals surface area contributed by atoms with Gasteiger partial charge in [-0.2, -0.15) is 9.98 Å². The lowest BCUT2D eigenvalue weighted by atomic mass is 10.6. The molecule has 0 saturated carbocycles. The lowest BCUT2D eigenvalue weighted by molar-refractivity contribution is 0.506. The zero-order chi connectivity index (χ0) is 12.6. The van der Waals surface area contributed by atoms with Gasteiger partial charge in [-0.05, 0) is 7.05 Å². The Hall–Kier alpha value is -1.39. The maximum absolute atomic E-state index is 11.6. The van der Waals surface area contributed by atoms with Crippen LogP contribution in [0.15, 0.2) is 9.98 Å². The van der Waals surface area contributed by atoms with E-state index in [2.05, 4.69) is 20.0 Å². The molecule has 0 aromatic heterocycles. The molecule has 1 unspecified atom stereocenters. The highest BCUT2D eigenvalue weighted by Gasteiger charge is 2.42. The Morgan fingerprint density at radius 3 is 2.44 bits per heavy atom. The summed E-state index contributed by atoms with van der Waals surface area (Å²) in [5.74, 6) is 0.105.